The lowest BCUT2D eigenvalue weighted by molar-refractivity contribution is -0.169. The van der Waals surface area contributed by atoms with E-state index in [1.165, 1.54) is 13.8 Å². The molecule has 0 aliphatic heterocycles. The minimum absolute atomic E-state index is 0.0289. The normalized spacial score (nSPS) is 14.3. The quantitative estimate of drug-likeness (QED) is 0.174. The van der Waals surface area contributed by atoms with Crippen LogP contribution in [0.15, 0.2) is 0 Å². The molecule has 0 unspecified atom stereocenters. The zero-order valence-corrected chi connectivity index (χ0v) is 14.7. The molecule has 3 atom stereocenters. The molecule has 0 aromatic heterocycles. The largest absolute Gasteiger partial charge is 0.480 e. The molecule has 1 amide bonds. The lowest BCUT2D eigenvalue weighted by atomic mass is 10.1. The molecule has 25 heavy (non-hydrogen) atoms. The summed E-state index contributed by atoms with van der Waals surface area (Å²) < 4.78 is 4.75. The first-order valence-electron chi connectivity index (χ1n) is 7.41. The van der Waals surface area contributed by atoms with Gasteiger partial charge in [-0.25, -0.2) is 9.59 Å². The third-order valence-corrected chi connectivity index (χ3v) is 3.37. The van der Waals surface area contributed by atoms with E-state index in [2.05, 4.69) is 17.9 Å². The molecule has 0 saturated carbocycles. The molecule has 10 nitrogen and oxygen atoms in total. The molecule has 142 valence electrons. The zero-order chi connectivity index (χ0) is 19.7. The number of hydrogen-bond donors (Lipinski definition) is 5. The van der Waals surface area contributed by atoms with E-state index in [0.29, 0.717) is 0 Å². The van der Waals surface area contributed by atoms with Crippen LogP contribution in [0.2, 0.25) is 0 Å². The van der Waals surface area contributed by atoms with Crippen LogP contribution in [-0.4, -0.2) is 57.3 Å². The summed E-state index contributed by atoms with van der Waals surface area (Å²) in [6, 6.07) is -2.88. The van der Waals surface area contributed by atoms with Crippen LogP contribution in [-0.2, 0) is 28.7 Å². The van der Waals surface area contributed by atoms with Crippen molar-refractivity contribution in [3.8, 4) is 0 Å². The maximum atomic E-state index is 11.9. The molecule has 0 fully saturated rings. The summed E-state index contributed by atoms with van der Waals surface area (Å²) >= 11 is 3.48. The second-order valence-corrected chi connectivity index (χ2v) is 6.06. The number of nitrogens with one attached hydrogen (secondary N) is 1. The van der Waals surface area contributed by atoms with Crippen LogP contribution in [0.25, 0.3) is 0 Å². The second-order valence-electron chi connectivity index (χ2n) is 5.62. The van der Waals surface area contributed by atoms with Gasteiger partial charge in [-0.1, -0.05) is 13.8 Å². The second kappa shape index (κ2) is 10.7. The number of thiol groups is 1. The van der Waals surface area contributed by atoms with Gasteiger partial charge < -0.3 is 26.0 Å². The molecule has 0 saturated heterocycles. The smallest absolute Gasteiger partial charge is 0.345 e. The Morgan fingerprint density at radius 3 is 2.08 bits per heavy atom. The fraction of sp³-hybridized carbons (Fsp3) is 0.643. The van der Waals surface area contributed by atoms with Crippen LogP contribution in [0.4, 0.5) is 0 Å². The van der Waals surface area contributed by atoms with Crippen molar-refractivity contribution in [2.75, 3.05) is 0 Å². The van der Waals surface area contributed by atoms with Crippen molar-refractivity contribution < 1.29 is 38.9 Å². The Morgan fingerprint density at radius 2 is 1.68 bits per heavy atom. The number of aliphatic carboxylic acids is 2. The van der Waals surface area contributed by atoms with Crippen LogP contribution in [0.3, 0.4) is 0 Å². The molecule has 0 aliphatic carbocycles. The standard InChI is InChI=1S/C14H22N2O8S/c1-6(2)10(12(20)21)24-13(22)9(14(23)25)16-8(17)5-3-4-7(15)11(18)19/h6-7,9-10H,3-5,15H2,1-2H3,(H,16,17)(H,18,19)(H,20,21)(H,23,25)/t7-,9-,10+/m0/s1. The highest BCUT2D eigenvalue weighted by Gasteiger charge is 2.33. The third kappa shape index (κ3) is 8.49. The first-order valence-corrected chi connectivity index (χ1v) is 7.86. The highest BCUT2D eigenvalue weighted by atomic mass is 32.1. The Kier molecular flexibility index (Phi) is 9.76. The average Bonchev–Trinajstić information content (AvgIpc) is 2.48. The average molecular weight is 378 g/mol. The Morgan fingerprint density at radius 1 is 1.12 bits per heavy atom. The van der Waals surface area contributed by atoms with Crippen LogP contribution >= 0.6 is 12.6 Å². The van der Waals surface area contributed by atoms with Gasteiger partial charge in [0.1, 0.15) is 6.04 Å². The lowest BCUT2D eigenvalue weighted by Crippen LogP contribution is -2.48. The van der Waals surface area contributed by atoms with E-state index < -0.39 is 53.0 Å². The van der Waals surface area contributed by atoms with Crippen molar-refractivity contribution in [3.05, 3.63) is 0 Å². The Balaban J connectivity index is 4.71. The van der Waals surface area contributed by atoms with Gasteiger partial charge in [-0.15, -0.1) is 12.6 Å². The number of esters is 1. The molecule has 0 heterocycles. The summed E-state index contributed by atoms with van der Waals surface area (Å²) in [5.41, 5.74) is 5.28. The van der Waals surface area contributed by atoms with E-state index in [0.717, 1.165) is 0 Å². The number of amides is 1. The molecule has 11 heteroatoms. The SMILES string of the molecule is CC(C)[C@@H](OC(=O)[C@H](NC(=O)CCC[C@H](N)C(=O)O)C(=O)S)C(=O)O. The molecular formula is C14H22N2O8S. The minimum atomic E-state index is -1.76. The highest BCUT2D eigenvalue weighted by molar-refractivity contribution is 7.96. The van der Waals surface area contributed by atoms with Gasteiger partial charge in [0.2, 0.25) is 17.1 Å². The summed E-state index contributed by atoms with van der Waals surface area (Å²) in [6.07, 6.45) is -1.52. The Labute approximate surface area is 149 Å². The molecule has 0 aromatic carbocycles. The Bertz CT molecular complexity index is 537. The van der Waals surface area contributed by atoms with Gasteiger partial charge in [-0.2, -0.15) is 0 Å². The predicted octanol–water partition coefficient (Wildman–Crippen LogP) is -0.838. The minimum Gasteiger partial charge on any atom is -0.480 e. The summed E-state index contributed by atoms with van der Waals surface area (Å²) in [5.74, 6) is -5.11. The molecule has 0 spiro atoms. The van der Waals surface area contributed by atoms with E-state index in [9.17, 15) is 24.0 Å². The number of hydrogen-bond acceptors (Lipinski definition) is 7. The van der Waals surface area contributed by atoms with Crippen molar-refractivity contribution >= 4 is 41.6 Å². The molecule has 0 aliphatic rings. The van der Waals surface area contributed by atoms with Crippen molar-refractivity contribution in [1.29, 1.82) is 0 Å². The summed E-state index contributed by atoms with van der Waals surface area (Å²) in [7, 11) is 0. The van der Waals surface area contributed by atoms with E-state index in [-0.39, 0.29) is 19.3 Å². The molecular weight excluding hydrogens is 356 g/mol. The summed E-state index contributed by atoms with van der Waals surface area (Å²) in [6.45, 7) is 3.02. The van der Waals surface area contributed by atoms with E-state index in [4.69, 9.17) is 20.7 Å². The van der Waals surface area contributed by atoms with Gasteiger partial charge in [-0.05, 0) is 12.8 Å². The summed E-state index contributed by atoms with van der Waals surface area (Å²) in [5, 5.41) is 18.7. The predicted molar refractivity (Wildman–Crippen MR) is 87.7 cm³/mol. The van der Waals surface area contributed by atoms with Crippen molar-refractivity contribution in [1.82, 2.24) is 5.32 Å². The highest BCUT2D eigenvalue weighted by Crippen LogP contribution is 2.10. The maximum Gasteiger partial charge on any atom is 0.345 e. The Hall–Kier alpha value is -2.14. The van der Waals surface area contributed by atoms with E-state index >= 15 is 0 Å². The van der Waals surface area contributed by atoms with Crippen LogP contribution in [0.1, 0.15) is 33.1 Å². The van der Waals surface area contributed by atoms with Crippen molar-refractivity contribution in [2.24, 2.45) is 11.7 Å². The fourth-order valence-electron chi connectivity index (χ4n) is 1.73. The van der Waals surface area contributed by atoms with Gasteiger partial charge in [0.05, 0.1) is 0 Å². The molecule has 0 rings (SSSR count). The first kappa shape index (κ1) is 22.9. The fourth-order valence-corrected chi connectivity index (χ4v) is 1.90. The van der Waals surface area contributed by atoms with Crippen LogP contribution in [0.5, 0.6) is 0 Å². The van der Waals surface area contributed by atoms with Gasteiger partial charge in [0.15, 0.2) is 6.04 Å². The number of nitrogens with two attached hydrogens (primary N) is 1. The number of carboxylic acid groups (broad SMARTS) is 2. The number of carbonyl (C=O) groups excluding carboxylic acids is 3. The lowest BCUT2D eigenvalue weighted by Gasteiger charge is -2.20. The number of carbonyl (C=O) groups is 5. The van der Waals surface area contributed by atoms with Gasteiger partial charge >= 0.3 is 17.9 Å². The van der Waals surface area contributed by atoms with Gasteiger partial charge in [0, 0.05) is 12.3 Å². The van der Waals surface area contributed by atoms with Crippen LogP contribution in [0, 0.1) is 5.92 Å². The number of ether oxygens (including phenoxy) is 1. The van der Waals surface area contributed by atoms with Gasteiger partial charge in [0.25, 0.3) is 0 Å². The molecule has 0 radical (unpaired) electrons. The first-order chi connectivity index (χ1) is 11.5. The molecule has 5 N–H and O–H groups in total. The van der Waals surface area contributed by atoms with Crippen LogP contribution < -0.4 is 11.1 Å². The third-order valence-electron chi connectivity index (χ3n) is 3.12. The zero-order valence-electron chi connectivity index (χ0n) is 13.8. The monoisotopic (exact) mass is 378 g/mol. The molecule has 0 aromatic rings. The summed E-state index contributed by atoms with van der Waals surface area (Å²) in [4.78, 5) is 56.7. The van der Waals surface area contributed by atoms with Crippen molar-refractivity contribution in [2.45, 2.75) is 51.3 Å². The van der Waals surface area contributed by atoms with Crippen molar-refractivity contribution in [3.63, 3.8) is 0 Å². The number of rotatable bonds is 11. The topological polar surface area (TPSA) is 173 Å². The van der Waals surface area contributed by atoms with E-state index in [1.54, 1.807) is 0 Å². The maximum absolute atomic E-state index is 11.9. The number of carboxylic acids is 2. The van der Waals surface area contributed by atoms with E-state index in [1.807, 2.05) is 0 Å². The molecule has 0 bridgehead atoms. The van der Waals surface area contributed by atoms with Gasteiger partial charge in [-0.3, -0.25) is 14.4 Å².